The molecule has 0 radical (unpaired) electrons. The smallest absolute Gasteiger partial charge is 0.306 e. The van der Waals surface area contributed by atoms with E-state index in [-0.39, 0.29) is 31.1 Å². The molecular formula is C76H122O6. The second-order valence-electron chi connectivity index (χ2n) is 21.6. The highest BCUT2D eigenvalue weighted by atomic mass is 16.6. The molecule has 0 bridgehead atoms. The van der Waals surface area contributed by atoms with Crippen LogP contribution in [0.3, 0.4) is 0 Å². The predicted molar refractivity (Wildman–Crippen MR) is 357 cm³/mol. The van der Waals surface area contributed by atoms with Gasteiger partial charge in [0.1, 0.15) is 13.2 Å². The number of unbranched alkanes of at least 4 members (excludes halogenated alkanes) is 22. The van der Waals surface area contributed by atoms with Gasteiger partial charge in [-0.05, 0) is 141 Å². The van der Waals surface area contributed by atoms with Crippen molar-refractivity contribution in [2.75, 3.05) is 13.2 Å². The van der Waals surface area contributed by atoms with Gasteiger partial charge >= 0.3 is 17.9 Å². The topological polar surface area (TPSA) is 78.9 Å². The van der Waals surface area contributed by atoms with Crippen molar-refractivity contribution in [3.05, 3.63) is 158 Å². The second-order valence-corrected chi connectivity index (χ2v) is 21.6. The van der Waals surface area contributed by atoms with Gasteiger partial charge in [-0.15, -0.1) is 0 Å². The van der Waals surface area contributed by atoms with Crippen LogP contribution in [0.2, 0.25) is 0 Å². The Kier molecular flexibility index (Phi) is 64.4. The van der Waals surface area contributed by atoms with Crippen LogP contribution in [-0.4, -0.2) is 37.2 Å². The van der Waals surface area contributed by atoms with E-state index in [2.05, 4.69) is 179 Å². The van der Waals surface area contributed by atoms with Gasteiger partial charge in [-0.1, -0.05) is 281 Å². The van der Waals surface area contributed by atoms with Crippen LogP contribution in [0.1, 0.15) is 284 Å². The fraction of sp³-hybridized carbons (Fsp3) is 0.618. The van der Waals surface area contributed by atoms with E-state index >= 15 is 0 Å². The van der Waals surface area contributed by atoms with Crippen LogP contribution in [0.5, 0.6) is 0 Å². The highest BCUT2D eigenvalue weighted by molar-refractivity contribution is 5.71. The van der Waals surface area contributed by atoms with E-state index in [1.807, 2.05) is 0 Å². The molecule has 82 heavy (non-hydrogen) atoms. The molecule has 0 N–H and O–H groups in total. The molecule has 0 saturated heterocycles. The van der Waals surface area contributed by atoms with Crippen molar-refractivity contribution in [3.63, 3.8) is 0 Å². The Morgan fingerprint density at radius 3 is 0.756 bits per heavy atom. The van der Waals surface area contributed by atoms with E-state index in [0.717, 1.165) is 173 Å². The molecule has 6 nitrogen and oxygen atoms in total. The summed E-state index contributed by atoms with van der Waals surface area (Å²) in [5.41, 5.74) is 0. The molecule has 0 spiro atoms. The molecular weight excluding hydrogens is 1010 g/mol. The number of allylic oxidation sites excluding steroid dienone is 26. The summed E-state index contributed by atoms with van der Waals surface area (Å²) < 4.78 is 16.9. The number of carbonyl (C=O) groups excluding carboxylic acids is 3. The fourth-order valence-electron chi connectivity index (χ4n) is 8.80. The summed E-state index contributed by atoms with van der Waals surface area (Å²) in [7, 11) is 0. The summed E-state index contributed by atoms with van der Waals surface area (Å²) in [6.07, 6.45) is 99.7. The zero-order valence-electron chi connectivity index (χ0n) is 52.9. The van der Waals surface area contributed by atoms with Gasteiger partial charge in [0.2, 0.25) is 0 Å². The van der Waals surface area contributed by atoms with Crippen molar-refractivity contribution < 1.29 is 28.6 Å². The molecule has 1 unspecified atom stereocenters. The van der Waals surface area contributed by atoms with E-state index in [4.69, 9.17) is 14.2 Å². The van der Waals surface area contributed by atoms with Crippen molar-refractivity contribution in [1.29, 1.82) is 0 Å². The molecule has 0 aromatic rings. The third kappa shape index (κ3) is 65.8. The Labute approximate surface area is 505 Å². The average Bonchev–Trinajstić information content (AvgIpc) is 3.47. The monoisotopic (exact) mass is 1130 g/mol. The number of ether oxygens (including phenoxy) is 3. The van der Waals surface area contributed by atoms with E-state index in [0.29, 0.717) is 19.3 Å². The zero-order chi connectivity index (χ0) is 59.2. The number of rotatable bonds is 59. The Bertz CT molecular complexity index is 1830. The highest BCUT2D eigenvalue weighted by Gasteiger charge is 2.19. The summed E-state index contributed by atoms with van der Waals surface area (Å²) in [5.74, 6) is -0.922. The molecule has 0 aromatic carbocycles. The quantitative estimate of drug-likeness (QED) is 0.0261. The number of carbonyl (C=O) groups is 3. The average molecular weight is 1130 g/mol. The standard InChI is InChI=1S/C76H122O6/c1-4-7-10-13-16-19-22-24-26-28-30-32-34-35-36-37-38-39-40-41-43-44-46-48-50-52-54-57-60-63-66-69-75(78)81-72-73(71-80-74(77)68-65-62-59-56-21-18-15-12-9-6-3)82-76(79)70-67-64-61-58-55-53-51-49-47-45-42-33-31-29-27-25-23-20-17-14-11-8-5-2/h7-8,10-12,15-17,19-20,24-27,30-33,35-36,38-39,41,43,45,47,73H,4-6,9,13-14,18,21-23,28-29,34,37,40,42,44,46,48-72H2,1-3H3/b10-7-,11-8-,15-12-,19-16-,20-17-,26-24-,27-25-,32-30-,33-31-,36-35-,39-38-,43-41-,47-45-. The molecule has 0 heterocycles. The Hall–Kier alpha value is -4.97. The van der Waals surface area contributed by atoms with Crippen LogP contribution in [0, 0.1) is 0 Å². The molecule has 462 valence electrons. The summed E-state index contributed by atoms with van der Waals surface area (Å²) in [5, 5.41) is 0. The van der Waals surface area contributed by atoms with Crippen molar-refractivity contribution in [2.45, 2.75) is 290 Å². The van der Waals surface area contributed by atoms with Gasteiger partial charge in [-0.2, -0.15) is 0 Å². The minimum absolute atomic E-state index is 0.0938. The van der Waals surface area contributed by atoms with Crippen LogP contribution in [-0.2, 0) is 28.6 Å². The lowest BCUT2D eigenvalue weighted by molar-refractivity contribution is -0.167. The Balaban J connectivity index is 4.29. The maximum Gasteiger partial charge on any atom is 0.306 e. The van der Waals surface area contributed by atoms with E-state index in [9.17, 15) is 14.4 Å². The van der Waals surface area contributed by atoms with E-state index in [1.54, 1.807) is 0 Å². The first-order valence-corrected chi connectivity index (χ1v) is 33.5. The Morgan fingerprint density at radius 1 is 0.256 bits per heavy atom. The molecule has 6 heteroatoms. The van der Waals surface area contributed by atoms with Gasteiger partial charge in [0.15, 0.2) is 6.10 Å². The molecule has 0 aliphatic heterocycles. The van der Waals surface area contributed by atoms with Gasteiger partial charge in [0.05, 0.1) is 0 Å². The lowest BCUT2D eigenvalue weighted by atomic mass is 10.1. The van der Waals surface area contributed by atoms with Crippen LogP contribution in [0.4, 0.5) is 0 Å². The first-order chi connectivity index (χ1) is 40.5. The van der Waals surface area contributed by atoms with Crippen LogP contribution in [0.25, 0.3) is 0 Å². The van der Waals surface area contributed by atoms with Gasteiger partial charge < -0.3 is 14.2 Å². The fourth-order valence-corrected chi connectivity index (χ4v) is 8.80. The minimum Gasteiger partial charge on any atom is -0.462 e. The lowest BCUT2D eigenvalue weighted by Gasteiger charge is -2.18. The second kappa shape index (κ2) is 68.5. The summed E-state index contributed by atoms with van der Waals surface area (Å²) in [6, 6.07) is 0. The van der Waals surface area contributed by atoms with Crippen molar-refractivity contribution in [3.8, 4) is 0 Å². The largest absolute Gasteiger partial charge is 0.462 e. The molecule has 0 aromatic heterocycles. The SMILES string of the molecule is CC/C=C\C/C=C\C/C=C\C/C=C\C/C=C\C/C=C\C/C=C\CCCCCCCCCCCC(=O)OCC(COC(=O)CCCCCCC/C=C\CCC)OC(=O)CCCCCCCCC/C=C\C/C=C\C/C=C\C/C=C\C/C=C\CC. The van der Waals surface area contributed by atoms with Gasteiger partial charge in [0.25, 0.3) is 0 Å². The maximum absolute atomic E-state index is 12.9. The van der Waals surface area contributed by atoms with Crippen LogP contribution < -0.4 is 0 Å². The third-order valence-corrected chi connectivity index (χ3v) is 13.7. The first-order valence-electron chi connectivity index (χ1n) is 33.5. The summed E-state index contributed by atoms with van der Waals surface area (Å²) >= 11 is 0. The summed E-state index contributed by atoms with van der Waals surface area (Å²) in [6.45, 7) is 6.33. The van der Waals surface area contributed by atoms with Crippen LogP contribution >= 0.6 is 0 Å². The molecule has 1 atom stereocenters. The third-order valence-electron chi connectivity index (χ3n) is 13.7. The molecule has 0 aliphatic rings. The lowest BCUT2D eigenvalue weighted by Crippen LogP contribution is -2.30. The van der Waals surface area contributed by atoms with E-state index in [1.165, 1.54) is 70.6 Å². The van der Waals surface area contributed by atoms with Gasteiger partial charge in [-0.3, -0.25) is 14.4 Å². The predicted octanol–water partition coefficient (Wildman–Crippen LogP) is 23.3. The Morgan fingerprint density at radius 2 is 0.476 bits per heavy atom. The van der Waals surface area contributed by atoms with E-state index < -0.39 is 6.10 Å². The minimum atomic E-state index is -0.798. The van der Waals surface area contributed by atoms with Crippen molar-refractivity contribution in [2.24, 2.45) is 0 Å². The van der Waals surface area contributed by atoms with Crippen LogP contribution in [0.15, 0.2) is 158 Å². The molecule has 0 saturated carbocycles. The molecule has 0 rings (SSSR count). The number of esters is 3. The number of hydrogen-bond donors (Lipinski definition) is 0. The first kappa shape index (κ1) is 77.0. The molecule has 0 amide bonds. The van der Waals surface area contributed by atoms with Gasteiger partial charge in [0, 0.05) is 19.3 Å². The molecule has 0 aliphatic carbocycles. The summed E-state index contributed by atoms with van der Waals surface area (Å²) in [4.78, 5) is 38.3. The number of hydrogen-bond acceptors (Lipinski definition) is 6. The normalized spacial score (nSPS) is 13.2. The van der Waals surface area contributed by atoms with Crippen molar-refractivity contribution >= 4 is 17.9 Å². The zero-order valence-corrected chi connectivity index (χ0v) is 52.9. The van der Waals surface area contributed by atoms with Gasteiger partial charge in [-0.25, -0.2) is 0 Å². The molecule has 0 fully saturated rings. The maximum atomic E-state index is 12.9. The highest BCUT2D eigenvalue weighted by Crippen LogP contribution is 2.15. The van der Waals surface area contributed by atoms with Crippen molar-refractivity contribution in [1.82, 2.24) is 0 Å².